The molecule has 1 amide bonds. The second kappa shape index (κ2) is 6.99. The number of para-hydroxylation sites is 1. The first-order valence-corrected chi connectivity index (χ1v) is 10.7. The molecule has 0 saturated carbocycles. The molecule has 4 nitrogen and oxygen atoms in total. The van der Waals surface area contributed by atoms with Gasteiger partial charge < -0.3 is 15.2 Å². The third kappa shape index (κ3) is 2.53. The van der Waals surface area contributed by atoms with Gasteiger partial charge in [-0.3, -0.25) is 4.79 Å². The number of carbonyl (C=O) groups is 1. The van der Waals surface area contributed by atoms with Crippen LogP contribution in [0.5, 0.6) is 11.5 Å². The van der Waals surface area contributed by atoms with E-state index in [2.05, 4.69) is 29.6 Å². The monoisotopic (exact) mass is 419 g/mol. The van der Waals surface area contributed by atoms with Gasteiger partial charge in [0.05, 0.1) is 0 Å². The lowest BCUT2D eigenvalue weighted by Gasteiger charge is -2.35. The topological polar surface area (TPSA) is 58.6 Å². The van der Waals surface area contributed by atoms with Gasteiger partial charge in [0.25, 0.3) is 0 Å². The summed E-state index contributed by atoms with van der Waals surface area (Å²) in [5, 5.41) is 13.3. The molecule has 2 N–H and O–H groups in total. The number of fused-ring (bicyclic) bond motifs is 4. The van der Waals surface area contributed by atoms with E-state index in [0.717, 1.165) is 27.9 Å². The maximum atomic E-state index is 13.8. The lowest BCUT2D eigenvalue weighted by atomic mass is 9.66. The highest BCUT2D eigenvalue weighted by molar-refractivity contribution is 6.10. The van der Waals surface area contributed by atoms with E-state index in [4.69, 9.17) is 4.74 Å². The summed E-state index contributed by atoms with van der Waals surface area (Å²) in [4.78, 5) is 13.8. The number of anilines is 1. The SMILES string of the molecule is O=C1Nc2ccccc2C12c1ccc(O)cc1OC2C(c1ccccc1)c1ccccc1. The molecule has 156 valence electrons. The van der Waals surface area contributed by atoms with Crippen LogP contribution < -0.4 is 10.1 Å². The number of hydrogen-bond acceptors (Lipinski definition) is 3. The smallest absolute Gasteiger partial charge is 0.243 e. The van der Waals surface area contributed by atoms with Gasteiger partial charge in [0.1, 0.15) is 23.0 Å². The van der Waals surface area contributed by atoms with Crippen molar-refractivity contribution < 1.29 is 14.6 Å². The number of benzene rings is 4. The average Bonchev–Trinajstić information content (AvgIpc) is 3.31. The Hall–Kier alpha value is -4.05. The highest BCUT2D eigenvalue weighted by Crippen LogP contribution is 2.57. The standard InChI is InChI=1S/C28H21NO3/c30-20-15-16-22-24(17-20)32-26(28(22)21-13-7-8-14-23(21)29-27(28)31)25(18-9-3-1-4-10-18)19-11-5-2-6-12-19/h1-17,25-26,30H,(H,29,31). The summed E-state index contributed by atoms with van der Waals surface area (Å²) < 4.78 is 6.60. The molecule has 4 aromatic rings. The Kier molecular flexibility index (Phi) is 4.08. The first-order valence-electron chi connectivity index (χ1n) is 10.7. The molecule has 6 rings (SSSR count). The van der Waals surface area contributed by atoms with Crippen molar-refractivity contribution in [3.8, 4) is 11.5 Å². The Morgan fingerprint density at radius 1 is 0.781 bits per heavy atom. The fourth-order valence-electron chi connectivity index (χ4n) is 5.32. The average molecular weight is 419 g/mol. The molecule has 0 saturated heterocycles. The number of rotatable bonds is 3. The highest BCUT2D eigenvalue weighted by Gasteiger charge is 2.62. The molecule has 2 unspecified atom stereocenters. The zero-order chi connectivity index (χ0) is 21.7. The van der Waals surface area contributed by atoms with Crippen LogP contribution in [0, 0.1) is 0 Å². The van der Waals surface area contributed by atoms with Gasteiger partial charge >= 0.3 is 0 Å². The molecule has 0 aliphatic carbocycles. The first kappa shape index (κ1) is 18.7. The van der Waals surface area contributed by atoms with Crippen molar-refractivity contribution in [1.82, 2.24) is 0 Å². The molecule has 2 atom stereocenters. The Bertz CT molecular complexity index is 1280. The van der Waals surface area contributed by atoms with Crippen LogP contribution in [0.2, 0.25) is 0 Å². The summed E-state index contributed by atoms with van der Waals surface area (Å²) >= 11 is 0. The Morgan fingerprint density at radius 3 is 2.09 bits per heavy atom. The van der Waals surface area contributed by atoms with Crippen LogP contribution >= 0.6 is 0 Å². The van der Waals surface area contributed by atoms with Crippen LogP contribution in [0.3, 0.4) is 0 Å². The van der Waals surface area contributed by atoms with Gasteiger partial charge in [0.15, 0.2) is 0 Å². The number of aromatic hydroxyl groups is 1. The van der Waals surface area contributed by atoms with Gasteiger partial charge in [0, 0.05) is 23.2 Å². The van der Waals surface area contributed by atoms with E-state index in [9.17, 15) is 9.90 Å². The predicted octanol–water partition coefficient (Wildman–Crippen LogP) is 5.22. The van der Waals surface area contributed by atoms with Crippen molar-refractivity contribution in [2.24, 2.45) is 0 Å². The van der Waals surface area contributed by atoms with Crippen molar-refractivity contribution in [3.63, 3.8) is 0 Å². The van der Waals surface area contributed by atoms with Crippen LogP contribution in [-0.2, 0) is 10.2 Å². The van der Waals surface area contributed by atoms with Crippen molar-refractivity contribution in [1.29, 1.82) is 0 Å². The molecule has 2 aliphatic heterocycles. The quantitative estimate of drug-likeness (QED) is 0.478. The van der Waals surface area contributed by atoms with Gasteiger partial charge in [0.2, 0.25) is 5.91 Å². The number of ether oxygens (including phenoxy) is 1. The van der Waals surface area contributed by atoms with Crippen LogP contribution in [0.15, 0.2) is 103 Å². The largest absolute Gasteiger partial charge is 0.508 e. The maximum Gasteiger partial charge on any atom is 0.243 e. The predicted molar refractivity (Wildman–Crippen MR) is 123 cm³/mol. The Balaban J connectivity index is 1.65. The number of carbonyl (C=O) groups excluding carboxylic acids is 1. The maximum absolute atomic E-state index is 13.8. The van der Waals surface area contributed by atoms with E-state index in [1.165, 1.54) is 0 Å². The fourth-order valence-corrected chi connectivity index (χ4v) is 5.32. The van der Waals surface area contributed by atoms with Crippen molar-refractivity contribution in [3.05, 3.63) is 125 Å². The van der Waals surface area contributed by atoms with Crippen LogP contribution in [0.1, 0.15) is 28.2 Å². The van der Waals surface area contributed by atoms with Crippen molar-refractivity contribution in [2.75, 3.05) is 5.32 Å². The molecule has 32 heavy (non-hydrogen) atoms. The van der Waals surface area contributed by atoms with E-state index in [1.54, 1.807) is 12.1 Å². The van der Waals surface area contributed by atoms with E-state index in [0.29, 0.717) is 5.75 Å². The van der Waals surface area contributed by atoms with Crippen LogP contribution in [-0.4, -0.2) is 17.1 Å². The number of nitrogens with one attached hydrogen (secondary N) is 1. The molecular weight excluding hydrogens is 398 g/mol. The third-order valence-corrected chi connectivity index (χ3v) is 6.65. The molecule has 0 bridgehead atoms. The zero-order valence-electron chi connectivity index (χ0n) is 17.2. The molecule has 4 heteroatoms. The molecule has 1 spiro atoms. The summed E-state index contributed by atoms with van der Waals surface area (Å²) in [5.74, 6) is 0.342. The lowest BCUT2D eigenvalue weighted by molar-refractivity contribution is -0.121. The van der Waals surface area contributed by atoms with Crippen LogP contribution in [0.25, 0.3) is 0 Å². The number of phenols is 1. The first-order chi connectivity index (χ1) is 15.7. The Labute approximate surface area is 186 Å². The highest BCUT2D eigenvalue weighted by atomic mass is 16.5. The molecule has 4 aromatic carbocycles. The van der Waals surface area contributed by atoms with E-state index >= 15 is 0 Å². The number of phenolic OH excluding ortho intramolecular Hbond substituents is 1. The number of amides is 1. The molecule has 2 aliphatic rings. The number of hydrogen-bond donors (Lipinski definition) is 2. The summed E-state index contributed by atoms with van der Waals surface area (Å²) in [6.45, 7) is 0. The van der Waals surface area contributed by atoms with Crippen molar-refractivity contribution in [2.45, 2.75) is 17.4 Å². The zero-order valence-corrected chi connectivity index (χ0v) is 17.2. The van der Waals surface area contributed by atoms with Gasteiger partial charge in [-0.05, 0) is 28.8 Å². The molecule has 0 radical (unpaired) electrons. The summed E-state index contributed by atoms with van der Waals surface area (Å²) in [6, 6.07) is 33.2. The van der Waals surface area contributed by atoms with E-state index < -0.39 is 11.5 Å². The Morgan fingerprint density at radius 2 is 1.41 bits per heavy atom. The van der Waals surface area contributed by atoms with Gasteiger partial charge in [-0.25, -0.2) is 0 Å². The molecule has 0 aromatic heterocycles. The minimum Gasteiger partial charge on any atom is -0.508 e. The third-order valence-electron chi connectivity index (χ3n) is 6.65. The van der Waals surface area contributed by atoms with Crippen molar-refractivity contribution >= 4 is 11.6 Å². The lowest BCUT2D eigenvalue weighted by Crippen LogP contribution is -2.48. The fraction of sp³-hybridized carbons (Fsp3) is 0.107. The minimum atomic E-state index is -1.03. The molecular formula is C28H21NO3. The summed E-state index contributed by atoms with van der Waals surface area (Å²) in [5.41, 5.74) is 3.58. The van der Waals surface area contributed by atoms with E-state index in [-0.39, 0.29) is 17.6 Å². The van der Waals surface area contributed by atoms with Crippen LogP contribution in [0.4, 0.5) is 5.69 Å². The van der Waals surface area contributed by atoms with Gasteiger partial charge in [-0.15, -0.1) is 0 Å². The molecule has 0 fully saturated rings. The van der Waals surface area contributed by atoms with Gasteiger partial charge in [-0.2, -0.15) is 0 Å². The second-order valence-electron chi connectivity index (χ2n) is 8.33. The minimum absolute atomic E-state index is 0.106. The van der Waals surface area contributed by atoms with E-state index in [1.807, 2.05) is 66.7 Å². The normalized spacial score (nSPS) is 20.7. The van der Waals surface area contributed by atoms with Gasteiger partial charge in [-0.1, -0.05) is 84.9 Å². The second-order valence-corrected chi connectivity index (χ2v) is 8.33. The molecule has 2 heterocycles. The summed E-state index contributed by atoms with van der Waals surface area (Å²) in [7, 11) is 0. The summed E-state index contributed by atoms with van der Waals surface area (Å²) in [6.07, 6.45) is -0.534.